The van der Waals surface area contributed by atoms with E-state index >= 15 is 0 Å². The molecule has 0 atom stereocenters. The van der Waals surface area contributed by atoms with Crippen LogP contribution in [0.25, 0.3) is 0 Å². The molecule has 0 unspecified atom stereocenters. The van der Waals surface area contributed by atoms with Gasteiger partial charge in [-0.15, -0.1) is 0 Å². The highest BCUT2D eigenvalue weighted by Crippen LogP contribution is 2.16. The molecule has 100 valence electrons. The lowest BCUT2D eigenvalue weighted by Gasteiger charge is -2.34. The second kappa shape index (κ2) is 5.63. The average Bonchev–Trinajstić information content (AvgIpc) is 2.38. The maximum Gasteiger partial charge on any atom is 0.225 e. The van der Waals surface area contributed by atoms with E-state index in [2.05, 4.69) is 26.7 Å². The van der Waals surface area contributed by atoms with Gasteiger partial charge in [-0.1, -0.05) is 6.92 Å². The van der Waals surface area contributed by atoms with Gasteiger partial charge >= 0.3 is 0 Å². The van der Waals surface area contributed by atoms with E-state index in [1.165, 1.54) is 0 Å². The summed E-state index contributed by atoms with van der Waals surface area (Å²) < 4.78 is 0. The first-order valence-electron chi connectivity index (χ1n) is 6.67. The summed E-state index contributed by atoms with van der Waals surface area (Å²) in [7, 11) is 0. The Kier molecular flexibility index (Phi) is 4.14. The van der Waals surface area contributed by atoms with Crippen molar-refractivity contribution in [2.45, 2.75) is 27.3 Å². The predicted octanol–water partition coefficient (Wildman–Crippen LogP) is 0.694. The van der Waals surface area contributed by atoms with Crippen molar-refractivity contribution < 1.29 is 0 Å². The average molecular weight is 249 g/mol. The molecule has 5 heteroatoms. The lowest BCUT2D eigenvalue weighted by atomic mass is 10.2. The molecule has 0 spiro atoms. The number of anilines is 1. The second-order valence-electron chi connectivity index (χ2n) is 4.80. The van der Waals surface area contributed by atoms with Crippen LogP contribution in [0.1, 0.15) is 23.9 Å². The summed E-state index contributed by atoms with van der Waals surface area (Å²) in [5.74, 6) is 0.859. The molecule has 2 rings (SSSR count). The van der Waals surface area contributed by atoms with Crippen molar-refractivity contribution in [1.82, 2.24) is 14.9 Å². The van der Waals surface area contributed by atoms with Gasteiger partial charge in [0.15, 0.2) is 0 Å². The van der Waals surface area contributed by atoms with Crippen LogP contribution < -0.4 is 10.6 Å². The molecule has 1 aromatic rings. The molecular formula is C13H23N5. The van der Waals surface area contributed by atoms with Crippen LogP contribution in [0.4, 0.5) is 5.95 Å². The zero-order valence-electron chi connectivity index (χ0n) is 11.6. The molecule has 0 amide bonds. The Hall–Kier alpha value is -1.20. The number of aromatic nitrogens is 2. The van der Waals surface area contributed by atoms with Crippen LogP contribution in [0.3, 0.4) is 0 Å². The Bertz CT molecular complexity index is 387. The predicted molar refractivity (Wildman–Crippen MR) is 73.7 cm³/mol. The van der Waals surface area contributed by atoms with Crippen LogP contribution in [0.5, 0.6) is 0 Å². The maximum absolute atomic E-state index is 5.72. The van der Waals surface area contributed by atoms with E-state index in [0.717, 1.165) is 55.6 Å². The van der Waals surface area contributed by atoms with Crippen molar-refractivity contribution >= 4 is 5.95 Å². The minimum atomic E-state index is 0.515. The molecule has 0 saturated carbocycles. The van der Waals surface area contributed by atoms with Crippen molar-refractivity contribution in [3.63, 3.8) is 0 Å². The molecular weight excluding hydrogens is 226 g/mol. The molecule has 18 heavy (non-hydrogen) atoms. The Morgan fingerprint density at radius 3 is 2.06 bits per heavy atom. The smallest absolute Gasteiger partial charge is 0.225 e. The molecule has 1 saturated heterocycles. The Balaban J connectivity index is 2.15. The minimum absolute atomic E-state index is 0.515. The van der Waals surface area contributed by atoms with Gasteiger partial charge in [0.05, 0.1) is 0 Å². The molecule has 1 aliphatic rings. The van der Waals surface area contributed by atoms with Gasteiger partial charge in [-0.2, -0.15) is 0 Å². The summed E-state index contributed by atoms with van der Waals surface area (Å²) in [6, 6.07) is 0. The SMILES string of the molecule is CCN1CCN(c2nc(C)c(CN)c(C)n2)CC1. The van der Waals surface area contributed by atoms with E-state index in [4.69, 9.17) is 5.73 Å². The summed E-state index contributed by atoms with van der Waals surface area (Å²) in [5, 5.41) is 0. The highest BCUT2D eigenvalue weighted by molar-refractivity contribution is 5.37. The molecule has 5 nitrogen and oxygen atoms in total. The fourth-order valence-electron chi connectivity index (χ4n) is 2.42. The standard InChI is InChI=1S/C13H23N5/c1-4-17-5-7-18(8-6-17)13-15-10(2)12(9-14)11(3)16-13/h4-9,14H2,1-3H3. The largest absolute Gasteiger partial charge is 0.338 e. The van der Waals surface area contributed by atoms with Crippen LogP contribution in [0.15, 0.2) is 0 Å². The third-order valence-electron chi connectivity index (χ3n) is 3.72. The molecule has 0 bridgehead atoms. The fraction of sp³-hybridized carbons (Fsp3) is 0.692. The van der Waals surface area contributed by atoms with Crippen LogP contribution >= 0.6 is 0 Å². The van der Waals surface area contributed by atoms with Gasteiger partial charge in [0, 0.05) is 49.7 Å². The number of hydrogen-bond acceptors (Lipinski definition) is 5. The van der Waals surface area contributed by atoms with Crippen molar-refractivity contribution in [2.24, 2.45) is 5.73 Å². The van der Waals surface area contributed by atoms with Crippen LogP contribution in [-0.4, -0.2) is 47.6 Å². The Morgan fingerprint density at radius 1 is 1.06 bits per heavy atom. The van der Waals surface area contributed by atoms with Crippen LogP contribution in [0, 0.1) is 13.8 Å². The summed E-state index contributed by atoms with van der Waals surface area (Å²) >= 11 is 0. The Morgan fingerprint density at radius 2 is 1.61 bits per heavy atom. The van der Waals surface area contributed by atoms with Crippen molar-refractivity contribution in [3.8, 4) is 0 Å². The first kappa shape index (κ1) is 13.2. The first-order valence-corrected chi connectivity index (χ1v) is 6.67. The molecule has 0 aliphatic carbocycles. The van der Waals surface area contributed by atoms with E-state index in [1.54, 1.807) is 0 Å². The summed E-state index contributed by atoms with van der Waals surface area (Å²) in [5.41, 5.74) is 8.81. The number of nitrogens with zero attached hydrogens (tertiary/aromatic N) is 4. The van der Waals surface area contributed by atoms with E-state index in [9.17, 15) is 0 Å². The first-order chi connectivity index (χ1) is 8.65. The van der Waals surface area contributed by atoms with Crippen LogP contribution in [0.2, 0.25) is 0 Å². The van der Waals surface area contributed by atoms with Gasteiger partial charge in [0.2, 0.25) is 5.95 Å². The van der Waals surface area contributed by atoms with Gasteiger partial charge < -0.3 is 15.5 Å². The van der Waals surface area contributed by atoms with Crippen molar-refractivity contribution in [3.05, 3.63) is 17.0 Å². The Labute approximate surface area is 109 Å². The number of hydrogen-bond donors (Lipinski definition) is 1. The zero-order chi connectivity index (χ0) is 13.1. The third kappa shape index (κ3) is 2.62. The molecule has 2 N–H and O–H groups in total. The van der Waals surface area contributed by atoms with E-state index in [0.29, 0.717) is 6.54 Å². The molecule has 0 radical (unpaired) electrons. The highest BCUT2D eigenvalue weighted by atomic mass is 15.3. The van der Waals surface area contributed by atoms with Gasteiger partial charge in [-0.05, 0) is 20.4 Å². The lowest BCUT2D eigenvalue weighted by Crippen LogP contribution is -2.46. The van der Waals surface area contributed by atoms with Crippen molar-refractivity contribution in [1.29, 1.82) is 0 Å². The summed E-state index contributed by atoms with van der Waals surface area (Å²) in [6.45, 7) is 12.1. The van der Waals surface area contributed by atoms with Crippen LogP contribution in [-0.2, 0) is 6.54 Å². The molecule has 1 fully saturated rings. The van der Waals surface area contributed by atoms with E-state index < -0.39 is 0 Å². The number of likely N-dealkylation sites (N-methyl/N-ethyl adjacent to an activating group) is 1. The third-order valence-corrected chi connectivity index (χ3v) is 3.72. The second-order valence-corrected chi connectivity index (χ2v) is 4.80. The van der Waals surface area contributed by atoms with E-state index in [-0.39, 0.29) is 0 Å². The lowest BCUT2D eigenvalue weighted by molar-refractivity contribution is 0.270. The normalized spacial score (nSPS) is 17.2. The quantitative estimate of drug-likeness (QED) is 0.854. The zero-order valence-corrected chi connectivity index (χ0v) is 11.6. The van der Waals surface area contributed by atoms with E-state index in [1.807, 2.05) is 13.8 Å². The summed E-state index contributed by atoms with van der Waals surface area (Å²) in [6.07, 6.45) is 0. The van der Waals surface area contributed by atoms with Gasteiger partial charge in [0.1, 0.15) is 0 Å². The number of rotatable bonds is 3. The fourth-order valence-corrected chi connectivity index (χ4v) is 2.42. The maximum atomic E-state index is 5.72. The highest BCUT2D eigenvalue weighted by Gasteiger charge is 2.19. The number of piperazine rings is 1. The summed E-state index contributed by atoms with van der Waals surface area (Å²) in [4.78, 5) is 13.9. The molecule has 1 aromatic heterocycles. The molecule has 0 aromatic carbocycles. The number of nitrogens with two attached hydrogens (primary N) is 1. The molecule has 2 heterocycles. The van der Waals surface area contributed by atoms with Gasteiger partial charge in [-0.3, -0.25) is 0 Å². The molecule has 1 aliphatic heterocycles. The van der Waals surface area contributed by atoms with Gasteiger partial charge in [-0.25, -0.2) is 9.97 Å². The van der Waals surface area contributed by atoms with Gasteiger partial charge in [0.25, 0.3) is 0 Å². The number of aryl methyl sites for hydroxylation is 2. The monoisotopic (exact) mass is 249 g/mol. The van der Waals surface area contributed by atoms with Crippen molar-refractivity contribution in [2.75, 3.05) is 37.6 Å². The minimum Gasteiger partial charge on any atom is -0.338 e. The topological polar surface area (TPSA) is 58.3 Å².